The van der Waals surface area contributed by atoms with E-state index in [0.717, 1.165) is 25.7 Å². The Bertz CT molecular complexity index is 636. The summed E-state index contributed by atoms with van der Waals surface area (Å²) in [7, 11) is 0. The van der Waals surface area contributed by atoms with Gasteiger partial charge in [0, 0.05) is 18.2 Å². The van der Waals surface area contributed by atoms with Crippen LogP contribution in [0.1, 0.15) is 52.9 Å². The summed E-state index contributed by atoms with van der Waals surface area (Å²) in [5, 5.41) is 2.60. The van der Waals surface area contributed by atoms with Crippen LogP contribution in [0.2, 0.25) is 0 Å². The van der Waals surface area contributed by atoms with Crippen LogP contribution >= 0.6 is 0 Å². The third kappa shape index (κ3) is 7.76. The van der Waals surface area contributed by atoms with Crippen LogP contribution in [0.25, 0.3) is 0 Å². The number of anilines is 1. The van der Waals surface area contributed by atoms with Crippen LogP contribution in [0.3, 0.4) is 0 Å². The molecule has 1 saturated carbocycles. The molecule has 0 saturated heterocycles. The van der Waals surface area contributed by atoms with Gasteiger partial charge in [0.2, 0.25) is 0 Å². The van der Waals surface area contributed by atoms with E-state index in [-0.39, 0.29) is 19.1 Å². The van der Waals surface area contributed by atoms with Gasteiger partial charge in [0.05, 0.1) is 6.61 Å². The number of ether oxygens (including phenoxy) is 3. The second-order valence-electron chi connectivity index (χ2n) is 7.75. The number of carbonyl (C=O) groups is 2. The van der Waals surface area contributed by atoms with Gasteiger partial charge in [0.25, 0.3) is 0 Å². The van der Waals surface area contributed by atoms with E-state index < -0.39 is 23.7 Å². The molecular weight excluding hydrogens is 348 g/mol. The third-order valence-corrected chi connectivity index (χ3v) is 4.09. The highest BCUT2D eigenvalue weighted by Crippen LogP contribution is 2.22. The minimum Gasteiger partial charge on any atom is -0.493 e. The SMILES string of the molecule is CC(C)(C)OC(=O)NC(CCOc1cccc(N)c1)C(=O)OC1CCCC1. The number of benzene rings is 1. The number of esters is 1. The number of hydrogen-bond donors (Lipinski definition) is 2. The highest BCUT2D eigenvalue weighted by Gasteiger charge is 2.28. The van der Waals surface area contributed by atoms with Crippen molar-refractivity contribution in [1.29, 1.82) is 0 Å². The van der Waals surface area contributed by atoms with Gasteiger partial charge < -0.3 is 25.3 Å². The molecule has 0 radical (unpaired) electrons. The average molecular weight is 378 g/mol. The van der Waals surface area contributed by atoms with E-state index in [1.807, 2.05) is 0 Å². The molecule has 0 aromatic heterocycles. The number of nitrogens with two attached hydrogens (primary N) is 1. The maximum absolute atomic E-state index is 12.5. The van der Waals surface area contributed by atoms with E-state index in [1.54, 1.807) is 45.0 Å². The lowest BCUT2D eigenvalue weighted by atomic mass is 10.2. The molecule has 0 aliphatic heterocycles. The van der Waals surface area contributed by atoms with E-state index in [9.17, 15) is 9.59 Å². The van der Waals surface area contributed by atoms with E-state index in [0.29, 0.717) is 11.4 Å². The third-order valence-electron chi connectivity index (χ3n) is 4.09. The molecule has 7 heteroatoms. The van der Waals surface area contributed by atoms with Crippen molar-refractivity contribution in [2.24, 2.45) is 0 Å². The van der Waals surface area contributed by atoms with Crippen molar-refractivity contribution in [3.05, 3.63) is 24.3 Å². The molecule has 1 aliphatic carbocycles. The molecule has 1 aromatic rings. The molecule has 3 N–H and O–H groups in total. The van der Waals surface area contributed by atoms with E-state index in [4.69, 9.17) is 19.9 Å². The quantitative estimate of drug-likeness (QED) is 0.557. The predicted molar refractivity (Wildman–Crippen MR) is 102 cm³/mol. The van der Waals surface area contributed by atoms with Gasteiger partial charge in [-0.25, -0.2) is 9.59 Å². The van der Waals surface area contributed by atoms with Gasteiger partial charge in [-0.1, -0.05) is 6.07 Å². The Morgan fingerprint density at radius 2 is 1.96 bits per heavy atom. The zero-order valence-electron chi connectivity index (χ0n) is 16.3. The smallest absolute Gasteiger partial charge is 0.408 e. The number of amides is 1. The van der Waals surface area contributed by atoms with E-state index in [1.165, 1.54) is 0 Å². The molecule has 0 spiro atoms. The van der Waals surface area contributed by atoms with Crippen molar-refractivity contribution in [1.82, 2.24) is 5.32 Å². The Balaban J connectivity index is 1.92. The van der Waals surface area contributed by atoms with Crippen molar-refractivity contribution < 1.29 is 23.8 Å². The first kappa shape index (κ1) is 20.9. The molecule has 1 amide bonds. The van der Waals surface area contributed by atoms with E-state index >= 15 is 0 Å². The Hall–Kier alpha value is -2.44. The van der Waals surface area contributed by atoms with Crippen LogP contribution in [0.4, 0.5) is 10.5 Å². The molecule has 1 atom stereocenters. The Morgan fingerprint density at radius 1 is 1.26 bits per heavy atom. The highest BCUT2D eigenvalue weighted by molar-refractivity contribution is 5.81. The number of carbonyl (C=O) groups excluding carboxylic acids is 2. The summed E-state index contributed by atoms with van der Waals surface area (Å²) < 4.78 is 16.4. The van der Waals surface area contributed by atoms with Crippen LogP contribution in [0, 0.1) is 0 Å². The molecule has 1 fully saturated rings. The number of rotatable bonds is 7. The summed E-state index contributed by atoms with van der Waals surface area (Å²) >= 11 is 0. The second-order valence-corrected chi connectivity index (χ2v) is 7.75. The van der Waals surface area contributed by atoms with Gasteiger partial charge in [-0.3, -0.25) is 0 Å². The molecular formula is C20H30N2O5. The summed E-state index contributed by atoms with van der Waals surface area (Å²) in [6.07, 6.45) is 3.38. The van der Waals surface area contributed by atoms with Crippen LogP contribution in [0.5, 0.6) is 5.75 Å². The molecule has 1 aromatic carbocycles. The fraction of sp³-hybridized carbons (Fsp3) is 0.600. The summed E-state index contributed by atoms with van der Waals surface area (Å²) in [6, 6.07) is 6.20. The number of nitrogen functional groups attached to an aromatic ring is 1. The molecule has 1 unspecified atom stereocenters. The first-order valence-electron chi connectivity index (χ1n) is 9.41. The zero-order valence-corrected chi connectivity index (χ0v) is 16.3. The minimum absolute atomic E-state index is 0.0738. The first-order valence-corrected chi connectivity index (χ1v) is 9.41. The Labute approximate surface area is 160 Å². The highest BCUT2D eigenvalue weighted by atomic mass is 16.6. The lowest BCUT2D eigenvalue weighted by Crippen LogP contribution is -2.45. The molecule has 27 heavy (non-hydrogen) atoms. The summed E-state index contributed by atoms with van der Waals surface area (Å²) in [5.41, 5.74) is 5.67. The maximum atomic E-state index is 12.5. The zero-order chi connectivity index (χ0) is 19.9. The van der Waals surface area contributed by atoms with Crippen LogP contribution in [0.15, 0.2) is 24.3 Å². The van der Waals surface area contributed by atoms with Crippen molar-refractivity contribution >= 4 is 17.7 Å². The normalized spacial score (nSPS) is 15.8. The topological polar surface area (TPSA) is 99.9 Å². The van der Waals surface area contributed by atoms with Gasteiger partial charge in [-0.2, -0.15) is 0 Å². The van der Waals surface area contributed by atoms with Crippen LogP contribution in [-0.2, 0) is 14.3 Å². The van der Waals surface area contributed by atoms with Crippen molar-refractivity contribution in [2.75, 3.05) is 12.3 Å². The van der Waals surface area contributed by atoms with Gasteiger partial charge >= 0.3 is 12.1 Å². The number of hydrogen-bond acceptors (Lipinski definition) is 6. The minimum atomic E-state index is -0.832. The Morgan fingerprint density at radius 3 is 2.59 bits per heavy atom. The lowest BCUT2D eigenvalue weighted by molar-refractivity contribution is -0.151. The molecule has 150 valence electrons. The van der Waals surface area contributed by atoms with E-state index in [2.05, 4.69) is 5.32 Å². The molecule has 2 rings (SSSR count). The lowest BCUT2D eigenvalue weighted by Gasteiger charge is -2.24. The summed E-state index contributed by atoms with van der Waals surface area (Å²) in [5.74, 6) is 0.152. The number of nitrogens with one attached hydrogen (secondary N) is 1. The van der Waals surface area contributed by atoms with Crippen molar-refractivity contribution in [3.63, 3.8) is 0 Å². The van der Waals surface area contributed by atoms with Crippen molar-refractivity contribution in [3.8, 4) is 5.75 Å². The monoisotopic (exact) mass is 378 g/mol. The van der Waals surface area contributed by atoms with Crippen LogP contribution in [-0.4, -0.2) is 36.4 Å². The second kappa shape index (κ2) is 9.48. The van der Waals surface area contributed by atoms with Gasteiger partial charge in [0.1, 0.15) is 23.5 Å². The Kier molecular flexibility index (Phi) is 7.33. The summed E-state index contributed by atoms with van der Waals surface area (Å²) in [4.78, 5) is 24.6. The fourth-order valence-corrected chi connectivity index (χ4v) is 2.85. The largest absolute Gasteiger partial charge is 0.493 e. The maximum Gasteiger partial charge on any atom is 0.408 e. The van der Waals surface area contributed by atoms with Gasteiger partial charge in [-0.05, 0) is 58.6 Å². The fourth-order valence-electron chi connectivity index (χ4n) is 2.85. The molecule has 0 heterocycles. The predicted octanol–water partition coefficient (Wildman–Crippen LogP) is 3.42. The van der Waals surface area contributed by atoms with Crippen LogP contribution < -0.4 is 15.8 Å². The standard InChI is InChI=1S/C20H30N2O5/c1-20(2,3)27-19(24)22-17(18(23)26-15-8-4-5-9-15)11-12-25-16-10-6-7-14(21)13-16/h6-7,10,13,15,17H,4-5,8-9,11-12,21H2,1-3H3,(H,22,24). The van der Waals surface area contributed by atoms with Gasteiger partial charge in [0.15, 0.2) is 0 Å². The molecule has 1 aliphatic rings. The molecule has 0 bridgehead atoms. The van der Waals surface area contributed by atoms with Crippen molar-refractivity contribution in [2.45, 2.75) is 70.6 Å². The van der Waals surface area contributed by atoms with Gasteiger partial charge in [-0.15, -0.1) is 0 Å². The summed E-state index contributed by atoms with van der Waals surface area (Å²) in [6.45, 7) is 5.52. The number of alkyl carbamates (subject to hydrolysis) is 1. The average Bonchev–Trinajstić information content (AvgIpc) is 3.05. The molecule has 7 nitrogen and oxygen atoms in total. The first-order chi connectivity index (χ1) is 12.7.